The maximum Gasteiger partial charge on any atom is 0.335 e. The molecule has 0 spiro atoms. The molecule has 0 radical (unpaired) electrons. The Morgan fingerprint density at radius 2 is 0.800 bits per heavy atom. The fourth-order valence-corrected chi connectivity index (χ4v) is 2.44. The molecule has 0 saturated carbocycles. The Morgan fingerprint density at radius 1 is 0.533 bits per heavy atom. The normalized spacial score (nSPS) is 10.3. The zero-order chi connectivity index (χ0) is 22.3. The zero-order valence-electron chi connectivity index (χ0n) is 15.5. The fourth-order valence-electron chi connectivity index (χ4n) is 2.44. The van der Waals surface area contributed by atoms with Crippen LogP contribution in [0.5, 0.6) is 11.5 Å². The van der Waals surface area contributed by atoms with E-state index in [9.17, 15) is 19.2 Å². The number of aromatic carboxylic acids is 4. The maximum atomic E-state index is 11.1. The first kappa shape index (κ1) is 22.2. The van der Waals surface area contributed by atoms with Gasteiger partial charge in [0.15, 0.2) is 0 Å². The van der Waals surface area contributed by atoms with Gasteiger partial charge in [-0.25, -0.2) is 19.2 Å². The van der Waals surface area contributed by atoms with E-state index < -0.39 is 23.9 Å². The summed E-state index contributed by atoms with van der Waals surface area (Å²) in [5.74, 6) is -4.90. The molecule has 2 aromatic rings. The lowest BCUT2D eigenvalue weighted by molar-refractivity contribution is 0.0675. The number of rotatable bonds is 11. The average molecular weight is 418 g/mol. The summed E-state index contributed by atoms with van der Waals surface area (Å²) in [5.41, 5.74) is -0.830. The van der Waals surface area contributed by atoms with Gasteiger partial charge in [-0.1, -0.05) is 0 Å². The topological polar surface area (TPSA) is 168 Å². The van der Waals surface area contributed by atoms with E-state index in [-0.39, 0.29) is 47.0 Å². The summed E-state index contributed by atoms with van der Waals surface area (Å²) in [6.45, 7) is 0.308. The highest BCUT2D eigenvalue weighted by molar-refractivity contribution is 5.95. The average Bonchev–Trinajstić information content (AvgIpc) is 2.69. The van der Waals surface area contributed by atoms with Gasteiger partial charge >= 0.3 is 23.9 Å². The number of carboxylic acid groups (broad SMARTS) is 4. The zero-order valence-corrected chi connectivity index (χ0v) is 15.5. The minimum Gasteiger partial charge on any atom is -0.494 e. The molecule has 10 heteroatoms. The molecule has 0 saturated heterocycles. The largest absolute Gasteiger partial charge is 0.494 e. The number of unbranched alkanes of at least 4 members (excludes halogenated alkanes) is 1. The van der Waals surface area contributed by atoms with Crippen molar-refractivity contribution < 1.29 is 49.1 Å². The van der Waals surface area contributed by atoms with Gasteiger partial charge in [0, 0.05) is 0 Å². The van der Waals surface area contributed by atoms with Crippen molar-refractivity contribution in [2.45, 2.75) is 12.8 Å². The number of ether oxygens (including phenoxy) is 2. The van der Waals surface area contributed by atoms with Crippen molar-refractivity contribution in [2.24, 2.45) is 0 Å². The molecule has 0 aliphatic rings. The van der Waals surface area contributed by atoms with Crippen LogP contribution in [0.25, 0.3) is 0 Å². The molecule has 0 unspecified atom stereocenters. The quantitative estimate of drug-likeness (QED) is 0.398. The van der Waals surface area contributed by atoms with Gasteiger partial charge in [0.05, 0.1) is 35.5 Å². The van der Waals surface area contributed by atoms with Crippen LogP contribution in [0.3, 0.4) is 0 Å². The molecule has 4 N–H and O–H groups in total. The molecule has 0 amide bonds. The predicted octanol–water partition coefficient (Wildman–Crippen LogP) is 2.72. The molecule has 30 heavy (non-hydrogen) atoms. The summed E-state index contributed by atoms with van der Waals surface area (Å²) in [5, 5.41) is 36.1. The number of hydrogen-bond acceptors (Lipinski definition) is 6. The lowest BCUT2D eigenvalue weighted by atomic mass is 10.1. The molecule has 158 valence electrons. The summed E-state index contributed by atoms with van der Waals surface area (Å²) in [7, 11) is 0. The van der Waals surface area contributed by atoms with Gasteiger partial charge < -0.3 is 29.9 Å². The van der Waals surface area contributed by atoms with Gasteiger partial charge in [0.2, 0.25) is 0 Å². The number of carbonyl (C=O) groups is 4. The third kappa shape index (κ3) is 6.23. The Labute approximate surface area is 169 Å². The molecule has 0 aromatic heterocycles. The van der Waals surface area contributed by atoms with E-state index >= 15 is 0 Å². The van der Waals surface area contributed by atoms with E-state index in [0.717, 1.165) is 12.1 Å². The van der Waals surface area contributed by atoms with E-state index in [0.29, 0.717) is 12.8 Å². The van der Waals surface area contributed by atoms with Crippen molar-refractivity contribution in [3.63, 3.8) is 0 Å². The van der Waals surface area contributed by atoms with Crippen molar-refractivity contribution in [3.8, 4) is 11.5 Å². The molecule has 0 fully saturated rings. The predicted molar refractivity (Wildman–Crippen MR) is 101 cm³/mol. The smallest absolute Gasteiger partial charge is 0.335 e. The van der Waals surface area contributed by atoms with Crippen LogP contribution in [-0.4, -0.2) is 57.5 Å². The highest BCUT2D eigenvalue weighted by atomic mass is 16.5. The SMILES string of the molecule is O=C(O)c1cc(OCCCCOc2cc(C(=O)O)cc(C(=O)O)c2)cc(C(=O)O)c1. The summed E-state index contributed by atoms with van der Waals surface area (Å²) in [4.78, 5) is 44.3. The van der Waals surface area contributed by atoms with Gasteiger partial charge in [-0.15, -0.1) is 0 Å². The van der Waals surface area contributed by atoms with Gasteiger partial charge in [0.25, 0.3) is 0 Å². The summed E-state index contributed by atoms with van der Waals surface area (Å²) in [6.07, 6.45) is 0.925. The molecule has 10 nitrogen and oxygen atoms in total. The van der Waals surface area contributed by atoms with Crippen molar-refractivity contribution in [1.82, 2.24) is 0 Å². The van der Waals surface area contributed by atoms with E-state index in [1.807, 2.05) is 0 Å². The van der Waals surface area contributed by atoms with Crippen LogP contribution < -0.4 is 9.47 Å². The van der Waals surface area contributed by atoms with Crippen LogP contribution in [0.1, 0.15) is 54.3 Å². The third-order valence-corrected chi connectivity index (χ3v) is 3.88. The van der Waals surface area contributed by atoms with Gasteiger partial charge in [-0.2, -0.15) is 0 Å². The highest BCUT2D eigenvalue weighted by Crippen LogP contribution is 2.20. The molecule has 0 bridgehead atoms. The molecular weight excluding hydrogens is 400 g/mol. The third-order valence-electron chi connectivity index (χ3n) is 3.88. The number of hydrogen-bond donors (Lipinski definition) is 4. The van der Waals surface area contributed by atoms with E-state index in [2.05, 4.69) is 0 Å². The second-order valence-corrected chi connectivity index (χ2v) is 6.12. The minimum atomic E-state index is -1.28. The second-order valence-electron chi connectivity index (χ2n) is 6.12. The lowest BCUT2D eigenvalue weighted by Gasteiger charge is -2.10. The Hall–Kier alpha value is -4.08. The van der Waals surface area contributed by atoms with Crippen molar-refractivity contribution in [3.05, 3.63) is 58.7 Å². The Kier molecular flexibility index (Phi) is 7.34. The van der Waals surface area contributed by atoms with E-state index in [1.165, 1.54) is 24.3 Å². The standard InChI is InChI=1S/C20H18O10/c21-17(22)11-5-12(18(23)24)8-15(7-11)29-3-1-2-4-30-16-9-13(19(25)26)6-14(10-16)20(27)28/h5-10H,1-4H2,(H,21,22)(H,23,24)(H,25,26)(H,27,28). The monoisotopic (exact) mass is 418 g/mol. The molecule has 2 aromatic carbocycles. The summed E-state index contributed by atoms with van der Waals surface area (Å²) < 4.78 is 10.8. The van der Waals surface area contributed by atoms with Gasteiger partial charge in [0.1, 0.15) is 11.5 Å². The van der Waals surface area contributed by atoms with Gasteiger partial charge in [-0.05, 0) is 49.2 Å². The molecule has 0 aliphatic heterocycles. The van der Waals surface area contributed by atoms with Crippen LogP contribution >= 0.6 is 0 Å². The first-order chi connectivity index (χ1) is 14.2. The fraction of sp³-hybridized carbons (Fsp3) is 0.200. The van der Waals surface area contributed by atoms with Crippen molar-refractivity contribution in [1.29, 1.82) is 0 Å². The summed E-state index contributed by atoms with van der Waals surface area (Å²) in [6, 6.07) is 6.93. The van der Waals surface area contributed by atoms with E-state index in [1.54, 1.807) is 0 Å². The van der Waals surface area contributed by atoms with Crippen LogP contribution in [0.4, 0.5) is 0 Å². The van der Waals surface area contributed by atoms with Crippen LogP contribution in [0.2, 0.25) is 0 Å². The number of carboxylic acids is 4. The molecule has 0 atom stereocenters. The Bertz CT molecular complexity index is 836. The van der Waals surface area contributed by atoms with E-state index in [4.69, 9.17) is 29.9 Å². The lowest BCUT2D eigenvalue weighted by Crippen LogP contribution is -2.07. The first-order valence-electron chi connectivity index (χ1n) is 8.66. The minimum absolute atomic E-state index is 0.105. The van der Waals surface area contributed by atoms with Crippen molar-refractivity contribution >= 4 is 23.9 Å². The first-order valence-corrected chi connectivity index (χ1v) is 8.66. The van der Waals surface area contributed by atoms with Crippen molar-refractivity contribution in [2.75, 3.05) is 13.2 Å². The second kappa shape index (κ2) is 9.92. The molecular formula is C20H18O10. The maximum absolute atomic E-state index is 11.1. The van der Waals surface area contributed by atoms with Crippen LogP contribution in [0.15, 0.2) is 36.4 Å². The number of benzene rings is 2. The van der Waals surface area contributed by atoms with Crippen LogP contribution in [-0.2, 0) is 0 Å². The Morgan fingerprint density at radius 3 is 1.03 bits per heavy atom. The van der Waals surface area contributed by atoms with Crippen LogP contribution in [0, 0.1) is 0 Å². The summed E-state index contributed by atoms with van der Waals surface area (Å²) >= 11 is 0. The Balaban J connectivity index is 1.88. The molecule has 0 aliphatic carbocycles. The highest BCUT2D eigenvalue weighted by Gasteiger charge is 2.13. The molecule has 0 heterocycles. The van der Waals surface area contributed by atoms with Gasteiger partial charge in [-0.3, -0.25) is 0 Å². The molecule has 2 rings (SSSR count).